The monoisotopic (exact) mass is 565 g/mol. The van der Waals surface area contributed by atoms with Crippen LogP contribution < -0.4 is 20.7 Å². The van der Waals surface area contributed by atoms with E-state index in [4.69, 9.17) is 16.3 Å². The van der Waals surface area contributed by atoms with Gasteiger partial charge in [-0.2, -0.15) is 4.98 Å². The van der Waals surface area contributed by atoms with Crippen LogP contribution in [0, 0.1) is 0 Å². The summed E-state index contributed by atoms with van der Waals surface area (Å²) in [6.07, 6.45) is 1.55. The Morgan fingerprint density at radius 1 is 0.974 bits per heavy atom. The predicted molar refractivity (Wildman–Crippen MR) is 154 cm³/mol. The summed E-state index contributed by atoms with van der Waals surface area (Å²) in [5.74, 6) is 0.762. The number of halogens is 1. The van der Waals surface area contributed by atoms with Gasteiger partial charge >= 0.3 is 0 Å². The Kier molecular flexibility index (Phi) is 8.68. The molecule has 0 spiro atoms. The third-order valence-corrected chi connectivity index (χ3v) is 8.23. The Morgan fingerprint density at radius 3 is 2.41 bits per heavy atom. The van der Waals surface area contributed by atoms with Crippen molar-refractivity contribution in [2.24, 2.45) is 0 Å². The van der Waals surface area contributed by atoms with Crippen LogP contribution in [0.5, 0.6) is 5.75 Å². The summed E-state index contributed by atoms with van der Waals surface area (Å²) in [6.45, 7) is 3.25. The Bertz CT molecular complexity index is 1580. The molecule has 0 radical (unpaired) electrons. The summed E-state index contributed by atoms with van der Waals surface area (Å²) in [5, 5.41) is 8.60. The minimum atomic E-state index is -3.56. The smallest absolute Gasteiger partial charge is 0.229 e. The summed E-state index contributed by atoms with van der Waals surface area (Å²) in [6, 6.07) is 21.1. The number of aromatic nitrogens is 2. The first-order valence-electron chi connectivity index (χ1n) is 12.1. The molecule has 0 saturated carbocycles. The molecule has 39 heavy (non-hydrogen) atoms. The maximum atomic E-state index is 12.9. The van der Waals surface area contributed by atoms with E-state index in [0.29, 0.717) is 22.8 Å². The number of carbonyl (C=O) groups is 1. The zero-order valence-electron chi connectivity index (χ0n) is 21.6. The molecule has 1 heterocycles. The highest BCUT2D eigenvalue weighted by atomic mass is 35.5. The molecule has 0 bridgehead atoms. The van der Waals surface area contributed by atoms with Gasteiger partial charge in [0.2, 0.25) is 11.9 Å². The van der Waals surface area contributed by atoms with Gasteiger partial charge in [-0.15, -0.1) is 0 Å². The lowest BCUT2D eigenvalue weighted by molar-refractivity contribution is -0.115. The van der Waals surface area contributed by atoms with E-state index in [9.17, 15) is 13.2 Å². The number of sulfone groups is 1. The summed E-state index contributed by atoms with van der Waals surface area (Å²) in [7, 11) is -2.02. The van der Waals surface area contributed by atoms with Gasteiger partial charge in [0.05, 0.1) is 41.2 Å². The van der Waals surface area contributed by atoms with Gasteiger partial charge in [0.15, 0.2) is 15.7 Å². The lowest BCUT2D eigenvalue weighted by Gasteiger charge is -2.16. The first-order chi connectivity index (χ1) is 18.7. The largest absolute Gasteiger partial charge is 0.495 e. The number of anilines is 5. The Morgan fingerprint density at radius 2 is 1.69 bits per heavy atom. The molecule has 0 saturated heterocycles. The van der Waals surface area contributed by atoms with E-state index in [1.165, 1.54) is 19.4 Å². The third-order valence-electron chi connectivity index (χ3n) is 5.74. The number of methoxy groups -OCH3 is 1. The van der Waals surface area contributed by atoms with Crippen molar-refractivity contribution in [3.63, 3.8) is 0 Å². The molecule has 0 atom stereocenters. The quantitative estimate of drug-likeness (QED) is 0.214. The second kappa shape index (κ2) is 12.1. The van der Waals surface area contributed by atoms with Crippen LogP contribution in [0.2, 0.25) is 5.02 Å². The van der Waals surface area contributed by atoms with Crippen LogP contribution >= 0.6 is 11.6 Å². The number of nitrogens with one attached hydrogen (secondary N) is 3. The maximum absolute atomic E-state index is 12.9. The van der Waals surface area contributed by atoms with E-state index in [1.54, 1.807) is 50.2 Å². The fourth-order valence-corrected chi connectivity index (χ4v) is 5.05. The van der Waals surface area contributed by atoms with Crippen LogP contribution in [0.1, 0.15) is 19.4 Å². The van der Waals surface area contributed by atoms with Crippen molar-refractivity contribution < 1.29 is 17.9 Å². The molecule has 11 heteroatoms. The topological polar surface area (TPSA) is 122 Å². The van der Waals surface area contributed by atoms with Crippen LogP contribution in [0.25, 0.3) is 0 Å². The van der Waals surface area contributed by atoms with E-state index in [1.807, 2.05) is 30.3 Å². The lowest BCUT2D eigenvalue weighted by Crippen LogP contribution is -2.15. The Hall–Kier alpha value is -4.15. The molecule has 0 fully saturated rings. The number of amides is 1. The van der Waals surface area contributed by atoms with Crippen LogP contribution in [-0.4, -0.2) is 36.7 Å². The van der Waals surface area contributed by atoms with Gasteiger partial charge in [0.25, 0.3) is 0 Å². The molecule has 9 nitrogen and oxygen atoms in total. The second-order valence-electron chi connectivity index (χ2n) is 8.86. The average Bonchev–Trinajstić information content (AvgIpc) is 2.91. The minimum absolute atomic E-state index is 0.142. The molecular weight excluding hydrogens is 538 g/mol. The highest BCUT2D eigenvalue weighted by Gasteiger charge is 2.23. The van der Waals surface area contributed by atoms with Crippen LogP contribution in [0.4, 0.5) is 28.8 Å². The molecule has 1 aromatic heterocycles. The molecule has 0 unspecified atom stereocenters. The molecule has 0 aliphatic carbocycles. The van der Waals surface area contributed by atoms with Crippen LogP contribution in [0.15, 0.2) is 83.9 Å². The predicted octanol–water partition coefficient (Wildman–Crippen LogP) is 5.99. The van der Waals surface area contributed by atoms with Gasteiger partial charge in [0, 0.05) is 5.69 Å². The van der Waals surface area contributed by atoms with Crippen molar-refractivity contribution in [2.75, 3.05) is 23.1 Å². The zero-order valence-corrected chi connectivity index (χ0v) is 23.2. The van der Waals surface area contributed by atoms with Gasteiger partial charge in [-0.05, 0) is 55.8 Å². The number of ether oxygens (including phenoxy) is 1. The molecule has 0 aliphatic heterocycles. The molecule has 4 aromatic rings. The van der Waals surface area contributed by atoms with Crippen LogP contribution in [-0.2, 0) is 21.1 Å². The highest BCUT2D eigenvalue weighted by molar-refractivity contribution is 7.92. The number of rotatable bonds is 10. The molecular formula is C28H28ClN5O4S. The van der Waals surface area contributed by atoms with Crippen molar-refractivity contribution in [3.05, 3.63) is 89.6 Å². The van der Waals surface area contributed by atoms with E-state index < -0.39 is 15.1 Å². The second-order valence-corrected chi connectivity index (χ2v) is 11.7. The van der Waals surface area contributed by atoms with Gasteiger partial charge in [-0.25, -0.2) is 13.4 Å². The lowest BCUT2D eigenvalue weighted by atomic mass is 10.1. The molecule has 3 aromatic carbocycles. The minimum Gasteiger partial charge on any atom is -0.495 e. The van der Waals surface area contributed by atoms with Crippen molar-refractivity contribution >= 4 is 56.2 Å². The molecule has 0 aliphatic rings. The van der Waals surface area contributed by atoms with Crippen molar-refractivity contribution in [3.8, 4) is 5.75 Å². The number of para-hydroxylation sites is 2. The number of carbonyl (C=O) groups excluding carboxylic acids is 1. The molecule has 3 N–H and O–H groups in total. The first kappa shape index (κ1) is 27.9. The normalized spacial score (nSPS) is 11.2. The highest BCUT2D eigenvalue weighted by Crippen LogP contribution is 2.32. The van der Waals surface area contributed by atoms with Crippen molar-refractivity contribution in [1.29, 1.82) is 0 Å². The number of hydrogen-bond donors (Lipinski definition) is 3. The van der Waals surface area contributed by atoms with Gasteiger partial charge in [-0.1, -0.05) is 48.0 Å². The van der Waals surface area contributed by atoms with Crippen molar-refractivity contribution in [2.45, 2.75) is 30.4 Å². The SMILES string of the molecule is COc1ccc(CC(=O)Nc2ccccc2)cc1Nc1ncc(Cl)c(Nc2ccccc2S(=O)(=O)C(C)C)n1. The number of benzene rings is 3. The van der Waals surface area contributed by atoms with Gasteiger partial charge in [0.1, 0.15) is 10.8 Å². The third kappa shape index (κ3) is 6.84. The van der Waals surface area contributed by atoms with Gasteiger partial charge < -0.3 is 20.7 Å². The molecule has 1 amide bonds. The van der Waals surface area contributed by atoms with Crippen LogP contribution in [0.3, 0.4) is 0 Å². The molecule has 4 rings (SSSR count). The number of hydrogen-bond acceptors (Lipinski definition) is 8. The fourth-order valence-electron chi connectivity index (χ4n) is 3.71. The van der Waals surface area contributed by atoms with E-state index in [-0.39, 0.29) is 34.0 Å². The maximum Gasteiger partial charge on any atom is 0.229 e. The summed E-state index contributed by atoms with van der Waals surface area (Å²) < 4.78 is 31.2. The standard InChI is InChI=1S/C28H28ClN5O4S/c1-18(2)39(36,37)25-12-8-7-11-22(25)32-27-21(29)17-30-28(34-27)33-23-15-19(13-14-24(23)38-3)16-26(35)31-20-9-5-4-6-10-20/h4-15,17-18H,16H2,1-3H3,(H,31,35)(H2,30,32,33,34). The summed E-state index contributed by atoms with van der Waals surface area (Å²) in [4.78, 5) is 21.4. The first-order valence-corrected chi connectivity index (χ1v) is 14.0. The van der Waals surface area contributed by atoms with Gasteiger partial charge in [-0.3, -0.25) is 4.79 Å². The number of nitrogens with zero attached hydrogens (tertiary/aromatic N) is 2. The fraction of sp³-hybridized carbons (Fsp3) is 0.179. The zero-order chi connectivity index (χ0) is 28.0. The molecule has 202 valence electrons. The van der Waals surface area contributed by atoms with E-state index >= 15 is 0 Å². The van der Waals surface area contributed by atoms with E-state index in [2.05, 4.69) is 25.9 Å². The Labute approximate surface area is 232 Å². The Balaban J connectivity index is 1.57. The van der Waals surface area contributed by atoms with Crippen molar-refractivity contribution in [1.82, 2.24) is 9.97 Å². The average molecular weight is 566 g/mol. The summed E-state index contributed by atoms with van der Waals surface area (Å²) in [5.41, 5.74) is 2.35. The van der Waals surface area contributed by atoms with E-state index in [0.717, 1.165) is 5.56 Å². The summed E-state index contributed by atoms with van der Waals surface area (Å²) >= 11 is 6.35.